The van der Waals surface area contributed by atoms with Crippen LogP contribution in [0.2, 0.25) is 0 Å². The van der Waals surface area contributed by atoms with Gasteiger partial charge >= 0.3 is 0 Å². The van der Waals surface area contributed by atoms with E-state index < -0.39 is 0 Å². The molecule has 0 bridgehead atoms. The Morgan fingerprint density at radius 3 is 2.92 bits per heavy atom. The predicted octanol–water partition coefficient (Wildman–Crippen LogP) is 0.924. The van der Waals surface area contributed by atoms with Gasteiger partial charge in [-0.2, -0.15) is 0 Å². The first-order chi connectivity index (χ1) is 6.45. The van der Waals surface area contributed by atoms with Crippen LogP contribution in [0.4, 0.5) is 0 Å². The topological polar surface area (TPSA) is 25.4 Å². The van der Waals surface area contributed by atoms with Crippen molar-refractivity contribution in [2.45, 2.75) is 0 Å². The minimum Gasteiger partial charge on any atom is -0.379 e. The third-order valence-electron chi connectivity index (χ3n) is 2.06. The van der Waals surface area contributed by atoms with E-state index >= 15 is 0 Å². The van der Waals surface area contributed by atoms with E-state index in [0.717, 1.165) is 31.9 Å². The van der Waals surface area contributed by atoms with Crippen LogP contribution in [-0.2, 0) is 4.74 Å². The Kier molecular flexibility index (Phi) is 2.90. The SMILES string of the molecule is [CH](c1cccnc1)N1CCOCC1. The van der Waals surface area contributed by atoms with Crippen molar-refractivity contribution in [1.29, 1.82) is 0 Å². The second-order valence-electron chi connectivity index (χ2n) is 3.06. The maximum atomic E-state index is 5.26. The van der Waals surface area contributed by atoms with E-state index in [0.29, 0.717) is 0 Å². The molecule has 0 aliphatic carbocycles. The summed E-state index contributed by atoms with van der Waals surface area (Å²) in [4.78, 5) is 6.33. The Morgan fingerprint density at radius 2 is 2.23 bits per heavy atom. The van der Waals surface area contributed by atoms with Crippen molar-refractivity contribution in [1.82, 2.24) is 9.88 Å². The van der Waals surface area contributed by atoms with Crippen LogP contribution >= 0.6 is 0 Å². The van der Waals surface area contributed by atoms with E-state index in [9.17, 15) is 0 Å². The van der Waals surface area contributed by atoms with Gasteiger partial charge in [0, 0.05) is 25.5 Å². The number of hydrogen-bond donors (Lipinski definition) is 0. The minimum atomic E-state index is 0.830. The number of aromatic nitrogens is 1. The Bertz CT molecular complexity index is 244. The van der Waals surface area contributed by atoms with Crippen molar-refractivity contribution < 1.29 is 4.74 Å². The lowest BCUT2D eigenvalue weighted by Gasteiger charge is -2.25. The molecule has 1 aliphatic rings. The summed E-state index contributed by atoms with van der Waals surface area (Å²) in [7, 11) is 0. The van der Waals surface area contributed by atoms with Gasteiger partial charge in [0.2, 0.25) is 0 Å². The van der Waals surface area contributed by atoms with E-state index in [1.807, 2.05) is 12.3 Å². The maximum Gasteiger partial charge on any atom is 0.0594 e. The molecule has 69 valence electrons. The fourth-order valence-electron chi connectivity index (χ4n) is 1.37. The highest BCUT2D eigenvalue weighted by atomic mass is 16.5. The van der Waals surface area contributed by atoms with Gasteiger partial charge in [0.1, 0.15) is 0 Å². The van der Waals surface area contributed by atoms with Gasteiger partial charge in [0.25, 0.3) is 0 Å². The maximum absolute atomic E-state index is 5.26. The van der Waals surface area contributed by atoms with Gasteiger partial charge in [-0.05, 0) is 11.6 Å². The second kappa shape index (κ2) is 4.35. The van der Waals surface area contributed by atoms with Crippen LogP contribution in [0.5, 0.6) is 0 Å². The molecule has 3 heteroatoms. The monoisotopic (exact) mass is 177 g/mol. The van der Waals surface area contributed by atoms with Crippen LogP contribution in [0.1, 0.15) is 5.56 Å². The van der Waals surface area contributed by atoms with Crippen LogP contribution in [-0.4, -0.2) is 36.2 Å². The molecule has 1 saturated heterocycles. The predicted molar refractivity (Wildman–Crippen MR) is 50.0 cm³/mol. The second-order valence-corrected chi connectivity index (χ2v) is 3.06. The number of hydrogen-bond acceptors (Lipinski definition) is 3. The molecule has 0 atom stereocenters. The molecule has 0 aromatic carbocycles. The van der Waals surface area contributed by atoms with E-state index in [2.05, 4.69) is 22.5 Å². The lowest BCUT2D eigenvalue weighted by molar-refractivity contribution is 0.0532. The molecule has 0 unspecified atom stereocenters. The number of ether oxygens (including phenoxy) is 1. The Labute approximate surface area is 78.3 Å². The van der Waals surface area contributed by atoms with Gasteiger partial charge in [-0.15, -0.1) is 0 Å². The molecular weight excluding hydrogens is 164 g/mol. The van der Waals surface area contributed by atoms with E-state index in [4.69, 9.17) is 4.74 Å². The number of rotatable bonds is 2. The molecule has 1 aliphatic heterocycles. The fraction of sp³-hybridized carbons (Fsp3) is 0.400. The van der Waals surface area contributed by atoms with Gasteiger partial charge in [-0.1, -0.05) is 6.07 Å². The van der Waals surface area contributed by atoms with Crippen molar-refractivity contribution in [2.24, 2.45) is 0 Å². The van der Waals surface area contributed by atoms with E-state index in [1.54, 1.807) is 6.20 Å². The highest BCUT2D eigenvalue weighted by Crippen LogP contribution is 2.06. The molecule has 0 N–H and O–H groups in total. The molecule has 2 rings (SSSR count). The molecule has 3 nitrogen and oxygen atoms in total. The van der Waals surface area contributed by atoms with Gasteiger partial charge in [0.15, 0.2) is 0 Å². The van der Waals surface area contributed by atoms with Crippen molar-refractivity contribution in [3.63, 3.8) is 0 Å². The van der Waals surface area contributed by atoms with Crippen LogP contribution in [0.15, 0.2) is 24.5 Å². The number of pyridine rings is 1. The Balaban J connectivity index is 1.90. The third kappa shape index (κ3) is 2.50. The summed E-state index contributed by atoms with van der Waals surface area (Å²) < 4.78 is 5.26. The first kappa shape index (κ1) is 8.66. The summed E-state index contributed by atoms with van der Waals surface area (Å²) in [6.45, 7) is 5.76. The highest BCUT2D eigenvalue weighted by molar-refractivity contribution is 5.17. The van der Waals surface area contributed by atoms with Crippen LogP contribution in [0.25, 0.3) is 0 Å². The summed E-state index contributed by atoms with van der Waals surface area (Å²) in [5, 5.41) is 0. The zero-order valence-electron chi connectivity index (χ0n) is 7.52. The zero-order chi connectivity index (χ0) is 8.93. The molecular formula is C10H13N2O. The summed E-state index contributed by atoms with van der Waals surface area (Å²) >= 11 is 0. The molecule has 2 heterocycles. The van der Waals surface area contributed by atoms with Crippen LogP contribution in [0.3, 0.4) is 0 Å². The average molecular weight is 177 g/mol. The Hall–Kier alpha value is -0.930. The third-order valence-corrected chi connectivity index (χ3v) is 2.06. The van der Waals surface area contributed by atoms with Crippen LogP contribution in [0, 0.1) is 6.54 Å². The fourth-order valence-corrected chi connectivity index (χ4v) is 1.37. The van der Waals surface area contributed by atoms with Crippen molar-refractivity contribution in [3.05, 3.63) is 36.6 Å². The molecule has 0 saturated carbocycles. The molecule has 1 aromatic rings. The van der Waals surface area contributed by atoms with Crippen LogP contribution < -0.4 is 0 Å². The summed E-state index contributed by atoms with van der Waals surface area (Å²) in [6, 6.07) is 4.01. The Morgan fingerprint density at radius 1 is 1.38 bits per heavy atom. The molecule has 0 spiro atoms. The van der Waals surface area contributed by atoms with Gasteiger partial charge in [-0.3, -0.25) is 9.88 Å². The molecule has 1 fully saturated rings. The summed E-state index contributed by atoms with van der Waals surface area (Å²) in [5.41, 5.74) is 1.16. The molecule has 13 heavy (non-hydrogen) atoms. The minimum absolute atomic E-state index is 0.830. The standard InChI is InChI=1S/C10H13N2O/c1-2-10(8-11-3-1)9-12-4-6-13-7-5-12/h1-3,8-9H,4-7H2. The lowest BCUT2D eigenvalue weighted by atomic mass is 10.2. The summed E-state index contributed by atoms with van der Waals surface area (Å²) in [5.74, 6) is 0. The largest absolute Gasteiger partial charge is 0.379 e. The molecule has 1 aromatic heterocycles. The van der Waals surface area contributed by atoms with E-state index in [1.165, 1.54) is 0 Å². The van der Waals surface area contributed by atoms with Crippen molar-refractivity contribution in [3.8, 4) is 0 Å². The zero-order valence-corrected chi connectivity index (χ0v) is 7.52. The quantitative estimate of drug-likeness (QED) is 0.671. The lowest BCUT2D eigenvalue weighted by Crippen LogP contribution is -2.34. The van der Waals surface area contributed by atoms with Gasteiger partial charge in [-0.25, -0.2) is 0 Å². The number of nitrogens with zero attached hydrogens (tertiary/aromatic N) is 2. The summed E-state index contributed by atoms with van der Waals surface area (Å²) in [6.07, 6.45) is 3.66. The average Bonchev–Trinajstić information content (AvgIpc) is 2.21. The van der Waals surface area contributed by atoms with Gasteiger partial charge < -0.3 is 4.74 Å². The first-order valence-electron chi connectivity index (χ1n) is 4.52. The van der Waals surface area contributed by atoms with Gasteiger partial charge in [0.05, 0.1) is 19.8 Å². The van der Waals surface area contributed by atoms with Crippen molar-refractivity contribution in [2.75, 3.05) is 26.3 Å². The highest BCUT2D eigenvalue weighted by Gasteiger charge is 2.10. The molecule has 0 amide bonds. The van der Waals surface area contributed by atoms with Crippen molar-refractivity contribution >= 4 is 0 Å². The number of morpholine rings is 1. The molecule has 1 radical (unpaired) electrons. The first-order valence-corrected chi connectivity index (χ1v) is 4.52. The van der Waals surface area contributed by atoms with E-state index in [-0.39, 0.29) is 0 Å². The smallest absolute Gasteiger partial charge is 0.0594 e. The normalized spacial score (nSPS) is 18.8.